The smallest absolute Gasteiger partial charge is 0.261 e. The van der Waals surface area contributed by atoms with Crippen LogP contribution >= 0.6 is 11.3 Å². The summed E-state index contributed by atoms with van der Waals surface area (Å²) in [4.78, 5) is 26.3. The van der Waals surface area contributed by atoms with Crippen molar-refractivity contribution in [3.8, 4) is 11.3 Å². The molecule has 0 aliphatic carbocycles. The molecule has 0 spiro atoms. The molecule has 31 heavy (non-hydrogen) atoms. The number of hydrogen-bond donors (Lipinski definition) is 0. The monoisotopic (exact) mass is 434 g/mol. The van der Waals surface area contributed by atoms with Crippen LogP contribution in [0.4, 0.5) is 10.9 Å². The van der Waals surface area contributed by atoms with Crippen LogP contribution in [0.5, 0.6) is 0 Å². The van der Waals surface area contributed by atoms with Gasteiger partial charge in [-0.05, 0) is 26.0 Å². The Morgan fingerprint density at radius 2 is 1.97 bits per heavy atom. The molecule has 0 N–H and O–H groups in total. The molecule has 3 heterocycles. The van der Waals surface area contributed by atoms with Crippen LogP contribution in [0.1, 0.15) is 24.2 Å². The average Bonchev–Trinajstić information content (AvgIpc) is 3.27. The van der Waals surface area contributed by atoms with E-state index < -0.39 is 0 Å². The normalized spacial score (nSPS) is 18.6. The number of carbonyl (C=O) groups excluding carboxylic acids is 1. The predicted octanol–water partition coefficient (Wildman–Crippen LogP) is 4.65. The molecule has 0 bridgehead atoms. The van der Waals surface area contributed by atoms with Gasteiger partial charge in [0.2, 0.25) is 0 Å². The second-order valence-corrected chi connectivity index (χ2v) is 8.49. The molecule has 1 aromatic carbocycles. The first-order valence-corrected chi connectivity index (χ1v) is 11.2. The van der Waals surface area contributed by atoms with Crippen molar-refractivity contribution in [1.29, 1.82) is 0 Å². The van der Waals surface area contributed by atoms with Crippen molar-refractivity contribution >= 4 is 28.2 Å². The van der Waals surface area contributed by atoms with Gasteiger partial charge >= 0.3 is 0 Å². The van der Waals surface area contributed by atoms with Gasteiger partial charge in [-0.2, -0.15) is 0 Å². The van der Waals surface area contributed by atoms with Crippen LogP contribution < -0.4 is 9.80 Å². The zero-order chi connectivity index (χ0) is 21.8. The van der Waals surface area contributed by atoms with Gasteiger partial charge in [0.15, 0.2) is 5.13 Å². The van der Waals surface area contributed by atoms with Gasteiger partial charge in [0.05, 0.1) is 23.5 Å². The number of rotatable bonds is 6. The number of nitrogens with zero attached hydrogens (tertiary/aromatic N) is 4. The maximum absolute atomic E-state index is 13.2. The molecule has 2 aromatic heterocycles. The zero-order valence-corrected chi connectivity index (χ0v) is 18.6. The number of aromatic nitrogens is 2. The molecule has 0 radical (unpaired) electrons. The largest absolute Gasteiger partial charge is 0.372 e. The summed E-state index contributed by atoms with van der Waals surface area (Å²) < 4.78 is 5.80. The van der Waals surface area contributed by atoms with E-state index in [1.54, 1.807) is 17.2 Å². The molecule has 2 atom stereocenters. The van der Waals surface area contributed by atoms with Crippen LogP contribution in [0, 0.1) is 0 Å². The van der Waals surface area contributed by atoms with Gasteiger partial charge in [0.25, 0.3) is 5.91 Å². The number of pyridine rings is 1. The van der Waals surface area contributed by atoms with Crippen molar-refractivity contribution in [2.24, 2.45) is 0 Å². The fourth-order valence-corrected chi connectivity index (χ4v) is 4.57. The molecule has 1 amide bonds. The van der Waals surface area contributed by atoms with Crippen LogP contribution in [0.2, 0.25) is 0 Å². The highest BCUT2D eigenvalue weighted by atomic mass is 32.1. The lowest BCUT2D eigenvalue weighted by molar-refractivity contribution is -0.00546. The summed E-state index contributed by atoms with van der Waals surface area (Å²) in [5.74, 6) is 0.714. The third-order valence-corrected chi connectivity index (χ3v) is 5.95. The van der Waals surface area contributed by atoms with Crippen molar-refractivity contribution in [2.75, 3.05) is 29.4 Å². The number of morpholine rings is 1. The molecule has 2 unspecified atom stereocenters. The molecule has 1 saturated heterocycles. The van der Waals surface area contributed by atoms with Crippen molar-refractivity contribution in [3.05, 3.63) is 72.3 Å². The Morgan fingerprint density at radius 1 is 1.23 bits per heavy atom. The van der Waals surface area contributed by atoms with E-state index in [2.05, 4.69) is 35.3 Å². The van der Waals surface area contributed by atoms with Crippen LogP contribution in [-0.4, -0.2) is 47.7 Å². The minimum Gasteiger partial charge on any atom is -0.372 e. The zero-order valence-electron chi connectivity index (χ0n) is 17.8. The maximum atomic E-state index is 13.2. The summed E-state index contributed by atoms with van der Waals surface area (Å²) in [6.45, 7) is 9.88. The quantitative estimate of drug-likeness (QED) is 0.529. The van der Waals surface area contributed by atoms with E-state index in [9.17, 15) is 4.79 Å². The maximum Gasteiger partial charge on any atom is 0.261 e. The molecule has 1 aliphatic heterocycles. The van der Waals surface area contributed by atoms with Gasteiger partial charge in [0, 0.05) is 36.8 Å². The van der Waals surface area contributed by atoms with Gasteiger partial charge in [-0.15, -0.1) is 17.9 Å². The van der Waals surface area contributed by atoms with E-state index in [1.165, 1.54) is 11.3 Å². The second-order valence-electron chi connectivity index (χ2n) is 7.65. The molecule has 3 aromatic rings. The molecule has 4 rings (SSSR count). The molecule has 7 heteroatoms. The highest BCUT2D eigenvalue weighted by molar-refractivity contribution is 7.14. The van der Waals surface area contributed by atoms with Crippen molar-refractivity contribution in [2.45, 2.75) is 26.1 Å². The standard InChI is InChI=1S/C24H26N4O2S/c1-4-12-28(24-26-21(16-31-24)19-8-6-5-7-9-19)23(29)20-10-11-22(25-13-20)27-14-17(2)30-18(3)15-27/h4-11,13,16-18H,1,12,14-15H2,2-3H3. The number of carbonyl (C=O) groups is 1. The Hall–Kier alpha value is -3.03. The van der Waals surface area contributed by atoms with Crippen LogP contribution in [-0.2, 0) is 4.74 Å². The Bertz CT molecular complexity index is 1030. The number of benzene rings is 1. The summed E-state index contributed by atoms with van der Waals surface area (Å²) in [5, 5.41) is 2.61. The molecule has 0 saturated carbocycles. The molecular weight excluding hydrogens is 408 g/mol. The Kier molecular flexibility index (Phi) is 6.44. The number of hydrogen-bond acceptors (Lipinski definition) is 6. The second kappa shape index (κ2) is 9.41. The summed E-state index contributed by atoms with van der Waals surface area (Å²) in [7, 11) is 0. The van der Waals surface area contributed by atoms with Crippen molar-refractivity contribution in [3.63, 3.8) is 0 Å². The van der Waals surface area contributed by atoms with Crippen molar-refractivity contribution in [1.82, 2.24) is 9.97 Å². The van der Waals surface area contributed by atoms with Gasteiger partial charge in [-0.3, -0.25) is 9.69 Å². The van der Waals surface area contributed by atoms with E-state index in [4.69, 9.17) is 4.74 Å². The minimum atomic E-state index is -0.142. The van der Waals surface area contributed by atoms with Gasteiger partial charge < -0.3 is 9.64 Å². The lowest BCUT2D eigenvalue weighted by atomic mass is 10.2. The fraction of sp³-hybridized carbons (Fsp3) is 0.292. The first-order valence-electron chi connectivity index (χ1n) is 10.4. The van der Waals surface area contributed by atoms with Crippen molar-refractivity contribution < 1.29 is 9.53 Å². The SMILES string of the molecule is C=CCN(C(=O)c1ccc(N2CC(C)OC(C)C2)nc1)c1nc(-c2ccccc2)cs1. The van der Waals surface area contributed by atoms with Gasteiger partial charge in [-0.1, -0.05) is 36.4 Å². The topological polar surface area (TPSA) is 58.6 Å². The lowest BCUT2D eigenvalue weighted by Gasteiger charge is -2.36. The fourth-order valence-electron chi connectivity index (χ4n) is 3.73. The minimum absolute atomic E-state index is 0.142. The summed E-state index contributed by atoms with van der Waals surface area (Å²) in [5.41, 5.74) is 2.40. The summed E-state index contributed by atoms with van der Waals surface area (Å²) in [6.07, 6.45) is 3.65. The van der Waals surface area contributed by atoms with Gasteiger partial charge in [0.1, 0.15) is 5.82 Å². The number of amides is 1. The van der Waals surface area contributed by atoms with Crippen LogP contribution in [0.3, 0.4) is 0 Å². The van der Waals surface area contributed by atoms with Crippen LogP contribution in [0.15, 0.2) is 66.7 Å². The highest BCUT2D eigenvalue weighted by Crippen LogP contribution is 2.28. The first-order chi connectivity index (χ1) is 15.0. The van der Waals surface area contributed by atoms with E-state index in [0.717, 1.165) is 30.2 Å². The summed E-state index contributed by atoms with van der Waals surface area (Å²) >= 11 is 1.45. The number of anilines is 2. The Morgan fingerprint density at radius 3 is 2.61 bits per heavy atom. The number of ether oxygens (including phenoxy) is 1. The molecule has 6 nitrogen and oxygen atoms in total. The average molecular weight is 435 g/mol. The molecule has 1 fully saturated rings. The van der Waals surface area contributed by atoms with E-state index in [-0.39, 0.29) is 18.1 Å². The van der Waals surface area contributed by atoms with E-state index in [1.807, 2.05) is 47.8 Å². The predicted molar refractivity (Wildman–Crippen MR) is 126 cm³/mol. The number of thiazole rings is 1. The first kappa shape index (κ1) is 21.2. The third kappa shape index (κ3) is 4.84. The molecular formula is C24H26N4O2S. The third-order valence-electron chi connectivity index (χ3n) is 5.09. The Balaban J connectivity index is 1.53. The van der Waals surface area contributed by atoms with Crippen LogP contribution in [0.25, 0.3) is 11.3 Å². The Labute approximate surface area is 186 Å². The highest BCUT2D eigenvalue weighted by Gasteiger charge is 2.24. The van der Waals surface area contributed by atoms with E-state index >= 15 is 0 Å². The molecule has 160 valence electrons. The van der Waals surface area contributed by atoms with Gasteiger partial charge in [-0.25, -0.2) is 9.97 Å². The lowest BCUT2D eigenvalue weighted by Crippen LogP contribution is -2.45. The molecule has 1 aliphatic rings. The van der Waals surface area contributed by atoms with E-state index in [0.29, 0.717) is 17.2 Å². The summed E-state index contributed by atoms with van der Waals surface area (Å²) in [6, 6.07) is 13.7.